The second-order valence-electron chi connectivity index (χ2n) is 4.72. The molecule has 6 nitrogen and oxygen atoms in total. The Kier molecular flexibility index (Phi) is 3.20. The Morgan fingerprint density at radius 2 is 2.00 bits per heavy atom. The molecule has 0 spiro atoms. The summed E-state index contributed by atoms with van der Waals surface area (Å²) >= 11 is 0. The van der Waals surface area contributed by atoms with Gasteiger partial charge < -0.3 is 16.0 Å². The third-order valence-electron chi connectivity index (χ3n) is 3.25. The van der Waals surface area contributed by atoms with Crippen molar-refractivity contribution < 1.29 is 0 Å². The zero-order valence-corrected chi connectivity index (χ0v) is 11.0. The normalized spacial score (nSPS) is 11.0. The summed E-state index contributed by atoms with van der Waals surface area (Å²) < 4.78 is 2.00. The van der Waals surface area contributed by atoms with Crippen LogP contribution < -0.4 is 11.5 Å². The molecule has 3 aromatic rings. The van der Waals surface area contributed by atoms with Gasteiger partial charge >= 0.3 is 0 Å². The van der Waals surface area contributed by atoms with Gasteiger partial charge in [-0.25, -0.2) is 15.0 Å². The fourth-order valence-electron chi connectivity index (χ4n) is 2.26. The Bertz CT molecular complexity index is 733. The first kappa shape index (κ1) is 12.4. The molecule has 2 heterocycles. The van der Waals surface area contributed by atoms with E-state index in [0.717, 1.165) is 30.7 Å². The highest BCUT2D eigenvalue weighted by atomic mass is 15.1. The fourth-order valence-corrected chi connectivity index (χ4v) is 2.26. The number of aryl methyl sites for hydroxylation is 2. The molecule has 3 rings (SSSR count). The van der Waals surface area contributed by atoms with E-state index in [0.29, 0.717) is 11.3 Å². The number of aromatic nitrogens is 4. The molecule has 20 heavy (non-hydrogen) atoms. The number of fused-ring (bicyclic) bond motifs is 1. The molecule has 0 unspecified atom stereocenters. The molecule has 0 fully saturated rings. The van der Waals surface area contributed by atoms with E-state index in [1.807, 2.05) is 22.8 Å². The molecule has 0 amide bonds. The van der Waals surface area contributed by atoms with Crippen molar-refractivity contribution in [2.45, 2.75) is 19.4 Å². The van der Waals surface area contributed by atoms with E-state index in [1.165, 1.54) is 11.9 Å². The van der Waals surface area contributed by atoms with Gasteiger partial charge in [0.15, 0.2) is 11.5 Å². The molecule has 102 valence electrons. The topological polar surface area (TPSA) is 95.6 Å². The third kappa shape index (κ3) is 2.40. The van der Waals surface area contributed by atoms with Crippen LogP contribution in [-0.4, -0.2) is 19.5 Å². The molecule has 0 aliphatic carbocycles. The SMILES string of the molecule is Nc1cccc(CCCn2cnc3c(N)ncnc32)c1. The van der Waals surface area contributed by atoms with Crippen molar-refractivity contribution in [2.75, 3.05) is 11.5 Å². The standard InChI is InChI=1S/C14H16N6/c15-11-5-1-3-10(7-11)4-2-6-20-9-19-12-13(16)17-8-18-14(12)20/h1,3,5,7-9H,2,4,6,15H2,(H2,16,17,18). The predicted molar refractivity (Wildman–Crippen MR) is 78.9 cm³/mol. The van der Waals surface area contributed by atoms with E-state index in [-0.39, 0.29) is 0 Å². The van der Waals surface area contributed by atoms with E-state index in [1.54, 1.807) is 6.33 Å². The second kappa shape index (κ2) is 5.16. The Hall–Kier alpha value is -2.63. The van der Waals surface area contributed by atoms with Gasteiger partial charge in [0, 0.05) is 12.2 Å². The van der Waals surface area contributed by atoms with Crippen LogP contribution in [0.2, 0.25) is 0 Å². The van der Waals surface area contributed by atoms with Crippen LogP contribution in [0, 0.1) is 0 Å². The summed E-state index contributed by atoms with van der Waals surface area (Å²) in [4.78, 5) is 12.4. The molecule has 0 aliphatic rings. The molecular formula is C14H16N6. The van der Waals surface area contributed by atoms with Gasteiger partial charge in [0.25, 0.3) is 0 Å². The predicted octanol–water partition coefficient (Wildman–Crippen LogP) is 1.62. The Balaban J connectivity index is 1.70. The van der Waals surface area contributed by atoms with Gasteiger partial charge in [-0.2, -0.15) is 0 Å². The fraction of sp³-hybridized carbons (Fsp3) is 0.214. The van der Waals surface area contributed by atoms with Crippen LogP contribution in [0.3, 0.4) is 0 Å². The molecule has 0 aliphatic heterocycles. The molecule has 2 aromatic heterocycles. The van der Waals surface area contributed by atoms with Gasteiger partial charge in [-0.3, -0.25) is 0 Å². The van der Waals surface area contributed by atoms with Crippen LogP contribution in [0.25, 0.3) is 11.2 Å². The molecule has 0 saturated carbocycles. The maximum atomic E-state index is 5.77. The van der Waals surface area contributed by atoms with Gasteiger partial charge in [0.2, 0.25) is 0 Å². The van der Waals surface area contributed by atoms with Crippen molar-refractivity contribution in [3.05, 3.63) is 42.5 Å². The van der Waals surface area contributed by atoms with Crippen molar-refractivity contribution in [2.24, 2.45) is 0 Å². The molecule has 0 bridgehead atoms. The Morgan fingerprint density at radius 3 is 2.85 bits per heavy atom. The summed E-state index contributed by atoms with van der Waals surface area (Å²) in [5.41, 5.74) is 15.0. The average molecular weight is 268 g/mol. The maximum absolute atomic E-state index is 5.77. The molecule has 0 radical (unpaired) electrons. The smallest absolute Gasteiger partial charge is 0.165 e. The van der Waals surface area contributed by atoms with Crippen LogP contribution in [0.1, 0.15) is 12.0 Å². The number of nitrogens with zero attached hydrogens (tertiary/aromatic N) is 4. The Labute approximate surface area is 116 Å². The third-order valence-corrected chi connectivity index (χ3v) is 3.25. The lowest BCUT2D eigenvalue weighted by Crippen LogP contribution is -2.01. The van der Waals surface area contributed by atoms with Gasteiger partial charge in [-0.05, 0) is 30.5 Å². The van der Waals surface area contributed by atoms with E-state index < -0.39 is 0 Å². The number of anilines is 2. The highest BCUT2D eigenvalue weighted by Crippen LogP contribution is 2.15. The monoisotopic (exact) mass is 268 g/mol. The number of rotatable bonds is 4. The van der Waals surface area contributed by atoms with Crippen molar-refractivity contribution in [1.82, 2.24) is 19.5 Å². The van der Waals surface area contributed by atoms with E-state index in [9.17, 15) is 0 Å². The molecule has 6 heteroatoms. The van der Waals surface area contributed by atoms with Gasteiger partial charge in [-0.1, -0.05) is 12.1 Å². The summed E-state index contributed by atoms with van der Waals surface area (Å²) in [5.74, 6) is 0.421. The summed E-state index contributed by atoms with van der Waals surface area (Å²) in [6.07, 6.45) is 5.17. The lowest BCUT2D eigenvalue weighted by Gasteiger charge is -2.05. The summed E-state index contributed by atoms with van der Waals surface area (Å²) in [6.45, 7) is 0.835. The largest absolute Gasteiger partial charge is 0.399 e. The van der Waals surface area contributed by atoms with Crippen LogP contribution >= 0.6 is 0 Å². The lowest BCUT2D eigenvalue weighted by molar-refractivity contribution is 0.653. The van der Waals surface area contributed by atoms with Crippen LogP contribution in [-0.2, 0) is 13.0 Å². The minimum absolute atomic E-state index is 0.421. The van der Waals surface area contributed by atoms with Crippen molar-refractivity contribution in [3.63, 3.8) is 0 Å². The van der Waals surface area contributed by atoms with Crippen LogP contribution in [0.15, 0.2) is 36.9 Å². The van der Waals surface area contributed by atoms with E-state index in [4.69, 9.17) is 11.5 Å². The van der Waals surface area contributed by atoms with Crippen molar-refractivity contribution >= 4 is 22.7 Å². The van der Waals surface area contributed by atoms with E-state index >= 15 is 0 Å². The second-order valence-corrected chi connectivity index (χ2v) is 4.72. The van der Waals surface area contributed by atoms with Crippen LogP contribution in [0.5, 0.6) is 0 Å². The first-order chi connectivity index (χ1) is 9.74. The van der Waals surface area contributed by atoms with Crippen LogP contribution in [0.4, 0.5) is 11.5 Å². The van der Waals surface area contributed by atoms with Gasteiger partial charge in [-0.15, -0.1) is 0 Å². The highest BCUT2D eigenvalue weighted by Gasteiger charge is 2.07. The number of benzene rings is 1. The minimum Gasteiger partial charge on any atom is -0.399 e. The zero-order chi connectivity index (χ0) is 13.9. The van der Waals surface area contributed by atoms with Crippen molar-refractivity contribution in [3.8, 4) is 0 Å². The Morgan fingerprint density at radius 1 is 1.10 bits per heavy atom. The van der Waals surface area contributed by atoms with E-state index in [2.05, 4.69) is 21.0 Å². The maximum Gasteiger partial charge on any atom is 0.165 e. The molecule has 4 N–H and O–H groups in total. The lowest BCUT2D eigenvalue weighted by atomic mass is 10.1. The number of hydrogen-bond acceptors (Lipinski definition) is 5. The number of nitrogen functional groups attached to an aromatic ring is 2. The summed E-state index contributed by atoms with van der Waals surface area (Å²) in [6, 6.07) is 7.96. The number of nitrogens with two attached hydrogens (primary N) is 2. The molecule has 0 saturated heterocycles. The average Bonchev–Trinajstić information content (AvgIpc) is 2.84. The molecule has 0 atom stereocenters. The van der Waals surface area contributed by atoms with Crippen molar-refractivity contribution in [1.29, 1.82) is 0 Å². The number of hydrogen-bond donors (Lipinski definition) is 2. The quantitative estimate of drug-likeness (QED) is 0.701. The first-order valence-corrected chi connectivity index (χ1v) is 6.50. The molecular weight excluding hydrogens is 252 g/mol. The van der Waals surface area contributed by atoms with Gasteiger partial charge in [0.05, 0.1) is 6.33 Å². The summed E-state index contributed by atoms with van der Waals surface area (Å²) in [5, 5.41) is 0. The molecule has 1 aromatic carbocycles. The number of imidazole rings is 1. The highest BCUT2D eigenvalue weighted by molar-refractivity contribution is 5.81. The van der Waals surface area contributed by atoms with Gasteiger partial charge in [0.1, 0.15) is 11.8 Å². The minimum atomic E-state index is 0.421. The summed E-state index contributed by atoms with van der Waals surface area (Å²) in [7, 11) is 0. The zero-order valence-electron chi connectivity index (χ0n) is 11.0. The first-order valence-electron chi connectivity index (χ1n) is 6.50.